The van der Waals surface area contributed by atoms with Gasteiger partial charge in [0.15, 0.2) is 0 Å². The maximum atomic E-state index is 6.21. The van der Waals surface area contributed by atoms with Crippen LogP contribution in [0.25, 0.3) is 0 Å². The van der Waals surface area contributed by atoms with Crippen LogP contribution in [0.2, 0.25) is 0 Å². The van der Waals surface area contributed by atoms with Crippen molar-refractivity contribution in [2.24, 2.45) is 11.7 Å². The third-order valence-electron chi connectivity index (χ3n) is 5.26. The molecule has 0 aromatic heterocycles. The van der Waals surface area contributed by atoms with Gasteiger partial charge in [-0.3, -0.25) is 4.90 Å². The Morgan fingerprint density at radius 2 is 1.80 bits per heavy atom. The predicted molar refractivity (Wildman–Crippen MR) is 86.6 cm³/mol. The van der Waals surface area contributed by atoms with Crippen LogP contribution in [0.4, 0.5) is 0 Å². The molecular formula is C18H30N2. The molecule has 20 heavy (non-hydrogen) atoms. The van der Waals surface area contributed by atoms with Crippen molar-refractivity contribution in [2.45, 2.75) is 58.0 Å². The first-order valence-corrected chi connectivity index (χ1v) is 8.23. The standard InChI is InChI=1S/C18H30N2/c1-3-16-10-12-18(15-19,13-11-16)20(4-2)14-17-8-6-5-7-9-17/h5-9,16H,3-4,10-15,19H2,1-2H3. The van der Waals surface area contributed by atoms with Gasteiger partial charge in [-0.25, -0.2) is 0 Å². The summed E-state index contributed by atoms with van der Waals surface area (Å²) < 4.78 is 0. The van der Waals surface area contributed by atoms with Crippen LogP contribution in [0.1, 0.15) is 51.5 Å². The number of likely N-dealkylation sites (N-methyl/N-ethyl adjacent to an activating group) is 1. The average Bonchev–Trinajstić information content (AvgIpc) is 2.53. The van der Waals surface area contributed by atoms with Gasteiger partial charge >= 0.3 is 0 Å². The van der Waals surface area contributed by atoms with E-state index in [-0.39, 0.29) is 5.54 Å². The molecule has 0 radical (unpaired) electrons. The first kappa shape index (κ1) is 15.5. The molecule has 1 aliphatic carbocycles. The molecule has 2 rings (SSSR count). The minimum absolute atomic E-state index is 0.232. The van der Waals surface area contributed by atoms with Gasteiger partial charge in [0.05, 0.1) is 0 Å². The van der Waals surface area contributed by atoms with Gasteiger partial charge in [0.2, 0.25) is 0 Å². The minimum atomic E-state index is 0.232. The third-order valence-corrected chi connectivity index (χ3v) is 5.26. The molecule has 1 fully saturated rings. The molecule has 0 spiro atoms. The molecule has 2 nitrogen and oxygen atoms in total. The summed E-state index contributed by atoms with van der Waals surface area (Å²) in [5, 5.41) is 0. The molecule has 0 heterocycles. The molecule has 1 aromatic carbocycles. The smallest absolute Gasteiger partial charge is 0.0335 e. The van der Waals surface area contributed by atoms with Gasteiger partial charge < -0.3 is 5.73 Å². The molecule has 0 amide bonds. The number of rotatable bonds is 6. The molecule has 112 valence electrons. The monoisotopic (exact) mass is 274 g/mol. The highest BCUT2D eigenvalue weighted by atomic mass is 15.2. The van der Waals surface area contributed by atoms with Gasteiger partial charge in [0.1, 0.15) is 0 Å². The van der Waals surface area contributed by atoms with Gasteiger partial charge in [-0.15, -0.1) is 0 Å². The number of nitrogens with zero attached hydrogens (tertiary/aromatic N) is 1. The Kier molecular flexibility index (Phi) is 5.62. The third kappa shape index (κ3) is 3.42. The van der Waals surface area contributed by atoms with Gasteiger partial charge in [-0.05, 0) is 43.7 Å². The highest BCUT2D eigenvalue weighted by molar-refractivity contribution is 5.15. The molecule has 0 unspecified atom stereocenters. The van der Waals surface area contributed by atoms with E-state index in [0.717, 1.165) is 25.6 Å². The normalized spacial score (nSPS) is 26.9. The summed E-state index contributed by atoms with van der Waals surface area (Å²) in [5.74, 6) is 0.921. The van der Waals surface area contributed by atoms with Gasteiger partial charge in [0, 0.05) is 18.6 Å². The van der Waals surface area contributed by atoms with Crippen molar-refractivity contribution in [1.82, 2.24) is 4.90 Å². The van der Waals surface area contributed by atoms with E-state index in [2.05, 4.69) is 49.1 Å². The Balaban J connectivity index is 2.08. The van der Waals surface area contributed by atoms with E-state index in [1.807, 2.05) is 0 Å². The van der Waals surface area contributed by atoms with E-state index >= 15 is 0 Å². The maximum Gasteiger partial charge on any atom is 0.0335 e. The van der Waals surface area contributed by atoms with Crippen molar-refractivity contribution < 1.29 is 0 Å². The molecule has 2 heteroatoms. The van der Waals surface area contributed by atoms with Crippen molar-refractivity contribution >= 4 is 0 Å². The summed E-state index contributed by atoms with van der Waals surface area (Å²) in [6.07, 6.45) is 6.55. The van der Waals surface area contributed by atoms with Crippen LogP contribution in [-0.2, 0) is 6.54 Å². The van der Waals surface area contributed by atoms with Gasteiger partial charge in [-0.1, -0.05) is 50.6 Å². The molecule has 0 atom stereocenters. The van der Waals surface area contributed by atoms with Crippen LogP contribution in [0, 0.1) is 5.92 Å². The van der Waals surface area contributed by atoms with E-state index < -0.39 is 0 Å². The van der Waals surface area contributed by atoms with Crippen LogP contribution in [0.3, 0.4) is 0 Å². The van der Waals surface area contributed by atoms with Crippen LogP contribution in [-0.4, -0.2) is 23.5 Å². The zero-order valence-corrected chi connectivity index (χ0v) is 13.1. The van der Waals surface area contributed by atoms with Gasteiger partial charge in [-0.2, -0.15) is 0 Å². The van der Waals surface area contributed by atoms with Gasteiger partial charge in [0.25, 0.3) is 0 Å². The summed E-state index contributed by atoms with van der Waals surface area (Å²) in [7, 11) is 0. The molecular weight excluding hydrogens is 244 g/mol. The zero-order chi connectivity index (χ0) is 14.4. The first-order chi connectivity index (χ1) is 9.74. The largest absolute Gasteiger partial charge is 0.329 e. The van der Waals surface area contributed by atoms with Crippen LogP contribution in [0.15, 0.2) is 30.3 Å². The second-order valence-corrected chi connectivity index (χ2v) is 6.28. The first-order valence-electron chi connectivity index (χ1n) is 8.23. The Labute approximate surface area is 124 Å². The highest BCUT2D eigenvalue weighted by Gasteiger charge is 2.38. The lowest BCUT2D eigenvalue weighted by Gasteiger charge is -2.47. The lowest BCUT2D eigenvalue weighted by atomic mass is 9.74. The van der Waals surface area contributed by atoms with E-state index in [9.17, 15) is 0 Å². The molecule has 0 saturated heterocycles. The highest BCUT2D eigenvalue weighted by Crippen LogP contribution is 2.37. The van der Waals surface area contributed by atoms with Crippen molar-refractivity contribution in [3.05, 3.63) is 35.9 Å². The summed E-state index contributed by atoms with van der Waals surface area (Å²) in [5.41, 5.74) is 7.85. The summed E-state index contributed by atoms with van der Waals surface area (Å²) in [6.45, 7) is 7.51. The van der Waals surface area contributed by atoms with E-state index in [0.29, 0.717) is 0 Å². The Morgan fingerprint density at radius 1 is 1.15 bits per heavy atom. The van der Waals surface area contributed by atoms with Crippen molar-refractivity contribution in [1.29, 1.82) is 0 Å². The van der Waals surface area contributed by atoms with E-state index in [1.165, 1.54) is 37.7 Å². The van der Waals surface area contributed by atoms with Crippen LogP contribution in [0.5, 0.6) is 0 Å². The second kappa shape index (κ2) is 7.24. The molecule has 1 aromatic rings. The zero-order valence-electron chi connectivity index (χ0n) is 13.1. The molecule has 1 aliphatic rings. The maximum absolute atomic E-state index is 6.21. The Bertz CT molecular complexity index is 380. The SMILES string of the molecule is CCC1CCC(CN)(N(CC)Cc2ccccc2)CC1. The average molecular weight is 274 g/mol. The fourth-order valence-electron chi connectivity index (χ4n) is 3.69. The lowest BCUT2D eigenvalue weighted by Crippen LogP contribution is -2.55. The minimum Gasteiger partial charge on any atom is -0.329 e. The van der Waals surface area contributed by atoms with Crippen LogP contribution < -0.4 is 5.73 Å². The summed E-state index contributed by atoms with van der Waals surface area (Å²) in [4.78, 5) is 2.62. The van der Waals surface area contributed by atoms with Crippen molar-refractivity contribution in [3.63, 3.8) is 0 Å². The van der Waals surface area contributed by atoms with E-state index in [1.54, 1.807) is 0 Å². The molecule has 2 N–H and O–H groups in total. The predicted octanol–water partition coefficient (Wildman–Crippen LogP) is 3.81. The Morgan fingerprint density at radius 3 is 2.30 bits per heavy atom. The number of hydrogen-bond acceptors (Lipinski definition) is 2. The van der Waals surface area contributed by atoms with Crippen molar-refractivity contribution in [3.8, 4) is 0 Å². The topological polar surface area (TPSA) is 29.3 Å². The fourth-order valence-corrected chi connectivity index (χ4v) is 3.69. The van der Waals surface area contributed by atoms with Crippen LogP contribution >= 0.6 is 0 Å². The quantitative estimate of drug-likeness (QED) is 0.855. The summed E-state index contributed by atoms with van der Waals surface area (Å²) in [6, 6.07) is 10.8. The fraction of sp³-hybridized carbons (Fsp3) is 0.667. The molecule has 0 aliphatic heterocycles. The van der Waals surface area contributed by atoms with E-state index in [4.69, 9.17) is 5.73 Å². The van der Waals surface area contributed by atoms with Crippen molar-refractivity contribution in [2.75, 3.05) is 13.1 Å². The lowest BCUT2D eigenvalue weighted by molar-refractivity contribution is 0.0392. The summed E-state index contributed by atoms with van der Waals surface area (Å²) >= 11 is 0. The second-order valence-electron chi connectivity index (χ2n) is 6.28. The Hall–Kier alpha value is -0.860. The number of nitrogens with two attached hydrogens (primary N) is 1. The molecule has 0 bridgehead atoms. The number of benzene rings is 1. The molecule has 1 saturated carbocycles. The number of hydrogen-bond donors (Lipinski definition) is 1.